The first-order valence-corrected chi connectivity index (χ1v) is 6.11. The minimum Gasteiger partial charge on any atom is -0.369 e. The summed E-state index contributed by atoms with van der Waals surface area (Å²) in [5.41, 5.74) is 2.74. The average Bonchev–Trinajstić information content (AvgIpc) is 2.32. The van der Waals surface area contributed by atoms with Crippen LogP contribution in [0.5, 0.6) is 0 Å². The number of fused-ring (bicyclic) bond motifs is 1. The number of rotatable bonds is 0. The molecule has 0 aliphatic carbocycles. The van der Waals surface area contributed by atoms with E-state index >= 15 is 0 Å². The number of piperidine rings is 1. The first-order chi connectivity index (χ1) is 8.20. The van der Waals surface area contributed by atoms with Crippen LogP contribution >= 0.6 is 0 Å². The van der Waals surface area contributed by atoms with E-state index in [0.717, 1.165) is 37.3 Å². The molecule has 1 saturated heterocycles. The highest BCUT2D eigenvalue weighted by Crippen LogP contribution is 2.35. The van der Waals surface area contributed by atoms with E-state index in [-0.39, 0.29) is 5.91 Å². The summed E-state index contributed by atoms with van der Waals surface area (Å²) < 4.78 is 0. The number of carbonyl (C=O) groups excluding carboxylic acids is 1. The van der Waals surface area contributed by atoms with Crippen molar-refractivity contribution in [2.24, 2.45) is 0 Å². The van der Waals surface area contributed by atoms with Gasteiger partial charge in [-0.25, -0.2) is 0 Å². The minimum atomic E-state index is -0.411. The van der Waals surface area contributed by atoms with Gasteiger partial charge in [-0.05, 0) is 50.6 Å². The lowest BCUT2D eigenvalue weighted by Crippen LogP contribution is -2.57. The SMILES string of the molecule is Cc1ccc2c(c1)NC1(CCNCC1)C(=O)N2. The predicted octanol–water partition coefficient (Wildman–Crippen LogP) is 1.48. The van der Waals surface area contributed by atoms with E-state index in [1.54, 1.807) is 0 Å². The van der Waals surface area contributed by atoms with E-state index in [9.17, 15) is 4.79 Å². The lowest BCUT2D eigenvalue weighted by molar-refractivity contribution is -0.121. The van der Waals surface area contributed by atoms with Gasteiger partial charge >= 0.3 is 0 Å². The molecule has 4 heteroatoms. The molecule has 90 valence electrons. The summed E-state index contributed by atoms with van der Waals surface area (Å²) in [5.74, 6) is 0.107. The molecule has 2 heterocycles. The predicted molar refractivity (Wildman–Crippen MR) is 68.3 cm³/mol. The third kappa shape index (κ3) is 1.69. The zero-order valence-corrected chi connectivity index (χ0v) is 9.97. The Morgan fingerprint density at radius 2 is 1.94 bits per heavy atom. The molecule has 1 aromatic rings. The van der Waals surface area contributed by atoms with Gasteiger partial charge in [0, 0.05) is 0 Å². The van der Waals surface area contributed by atoms with Gasteiger partial charge in [0.05, 0.1) is 11.4 Å². The van der Waals surface area contributed by atoms with Gasteiger partial charge in [0.25, 0.3) is 0 Å². The van der Waals surface area contributed by atoms with Crippen molar-refractivity contribution in [3.63, 3.8) is 0 Å². The van der Waals surface area contributed by atoms with Crippen molar-refractivity contribution in [2.45, 2.75) is 25.3 Å². The van der Waals surface area contributed by atoms with Crippen molar-refractivity contribution < 1.29 is 4.79 Å². The molecule has 3 N–H and O–H groups in total. The Morgan fingerprint density at radius 3 is 2.71 bits per heavy atom. The van der Waals surface area contributed by atoms with Crippen LogP contribution in [0.1, 0.15) is 18.4 Å². The van der Waals surface area contributed by atoms with Crippen LogP contribution in [0, 0.1) is 6.92 Å². The second-order valence-electron chi connectivity index (χ2n) is 4.96. The van der Waals surface area contributed by atoms with Crippen molar-refractivity contribution in [2.75, 3.05) is 23.7 Å². The summed E-state index contributed by atoms with van der Waals surface area (Å²) in [6.07, 6.45) is 1.68. The number of benzene rings is 1. The summed E-state index contributed by atoms with van der Waals surface area (Å²) in [6.45, 7) is 3.84. The molecule has 1 spiro atoms. The monoisotopic (exact) mass is 231 g/mol. The van der Waals surface area contributed by atoms with E-state index in [4.69, 9.17) is 0 Å². The number of carbonyl (C=O) groups is 1. The molecule has 17 heavy (non-hydrogen) atoms. The molecular weight excluding hydrogens is 214 g/mol. The molecular formula is C13H17N3O. The number of nitrogens with one attached hydrogen (secondary N) is 3. The maximum absolute atomic E-state index is 12.2. The van der Waals surface area contributed by atoms with Crippen LogP contribution in [0.25, 0.3) is 0 Å². The number of amides is 1. The number of anilines is 2. The lowest BCUT2D eigenvalue weighted by Gasteiger charge is -2.41. The fourth-order valence-corrected chi connectivity index (χ4v) is 2.63. The summed E-state index contributed by atoms with van der Waals surface area (Å²) in [4.78, 5) is 12.2. The Kier molecular flexibility index (Phi) is 2.33. The molecule has 2 aliphatic heterocycles. The molecule has 1 fully saturated rings. The van der Waals surface area contributed by atoms with Gasteiger partial charge in [-0.15, -0.1) is 0 Å². The Balaban J connectivity index is 1.98. The highest BCUT2D eigenvalue weighted by Gasteiger charge is 2.42. The van der Waals surface area contributed by atoms with Crippen LogP contribution in [-0.4, -0.2) is 24.5 Å². The van der Waals surface area contributed by atoms with Gasteiger partial charge in [0.15, 0.2) is 0 Å². The molecule has 0 unspecified atom stereocenters. The highest BCUT2D eigenvalue weighted by atomic mass is 16.2. The molecule has 1 aromatic carbocycles. The smallest absolute Gasteiger partial charge is 0.250 e. The van der Waals surface area contributed by atoms with E-state index in [2.05, 4.69) is 28.9 Å². The Hall–Kier alpha value is -1.55. The van der Waals surface area contributed by atoms with Gasteiger partial charge in [-0.3, -0.25) is 4.79 Å². The second-order valence-corrected chi connectivity index (χ2v) is 4.96. The Morgan fingerprint density at radius 1 is 1.18 bits per heavy atom. The zero-order chi connectivity index (χ0) is 11.9. The maximum Gasteiger partial charge on any atom is 0.250 e. The number of hydrogen-bond donors (Lipinski definition) is 3. The van der Waals surface area contributed by atoms with Gasteiger partial charge in [0.1, 0.15) is 5.54 Å². The summed E-state index contributed by atoms with van der Waals surface area (Å²) in [6, 6.07) is 6.07. The first kappa shape index (κ1) is 10.6. The van der Waals surface area contributed by atoms with Gasteiger partial charge in [-0.1, -0.05) is 6.07 Å². The Labute approximate surface area is 101 Å². The van der Waals surface area contributed by atoms with E-state index in [0.29, 0.717) is 0 Å². The normalized spacial score (nSPS) is 21.6. The summed E-state index contributed by atoms with van der Waals surface area (Å²) in [5, 5.41) is 9.76. The Bertz CT molecular complexity index is 464. The number of aryl methyl sites for hydroxylation is 1. The van der Waals surface area contributed by atoms with Crippen LogP contribution in [-0.2, 0) is 4.79 Å². The minimum absolute atomic E-state index is 0.107. The average molecular weight is 231 g/mol. The molecule has 3 rings (SSSR count). The highest BCUT2D eigenvalue weighted by molar-refractivity contribution is 6.06. The maximum atomic E-state index is 12.2. The molecule has 1 amide bonds. The van der Waals surface area contributed by atoms with Crippen LogP contribution in [0.2, 0.25) is 0 Å². The molecule has 0 bridgehead atoms. The van der Waals surface area contributed by atoms with Crippen LogP contribution < -0.4 is 16.0 Å². The quantitative estimate of drug-likeness (QED) is 0.634. The van der Waals surface area contributed by atoms with Crippen molar-refractivity contribution in [3.8, 4) is 0 Å². The molecule has 4 nitrogen and oxygen atoms in total. The third-order valence-corrected chi connectivity index (χ3v) is 3.69. The lowest BCUT2D eigenvalue weighted by atomic mass is 9.85. The van der Waals surface area contributed by atoms with Crippen LogP contribution in [0.3, 0.4) is 0 Å². The number of hydrogen-bond acceptors (Lipinski definition) is 3. The molecule has 0 saturated carbocycles. The third-order valence-electron chi connectivity index (χ3n) is 3.69. The van der Waals surface area contributed by atoms with Crippen molar-refractivity contribution >= 4 is 17.3 Å². The van der Waals surface area contributed by atoms with Crippen LogP contribution in [0.15, 0.2) is 18.2 Å². The molecule has 0 atom stereocenters. The van der Waals surface area contributed by atoms with Gasteiger partial charge < -0.3 is 16.0 Å². The van der Waals surface area contributed by atoms with E-state index < -0.39 is 5.54 Å². The fraction of sp³-hybridized carbons (Fsp3) is 0.462. The molecule has 0 aromatic heterocycles. The topological polar surface area (TPSA) is 53.2 Å². The fourth-order valence-electron chi connectivity index (χ4n) is 2.63. The molecule has 2 aliphatic rings. The van der Waals surface area contributed by atoms with Crippen LogP contribution in [0.4, 0.5) is 11.4 Å². The van der Waals surface area contributed by atoms with Crippen molar-refractivity contribution in [3.05, 3.63) is 23.8 Å². The van der Waals surface area contributed by atoms with E-state index in [1.807, 2.05) is 12.1 Å². The summed E-state index contributed by atoms with van der Waals surface area (Å²) >= 11 is 0. The van der Waals surface area contributed by atoms with E-state index in [1.165, 1.54) is 5.56 Å². The van der Waals surface area contributed by atoms with Crippen molar-refractivity contribution in [1.29, 1.82) is 0 Å². The second kappa shape index (κ2) is 3.74. The molecule has 0 radical (unpaired) electrons. The van der Waals surface area contributed by atoms with Gasteiger partial charge in [-0.2, -0.15) is 0 Å². The zero-order valence-electron chi connectivity index (χ0n) is 9.97. The van der Waals surface area contributed by atoms with Gasteiger partial charge in [0.2, 0.25) is 5.91 Å². The standard InChI is InChI=1S/C13H17N3O/c1-9-2-3-10-11(8-9)16-13(12(17)15-10)4-6-14-7-5-13/h2-3,8,14,16H,4-7H2,1H3,(H,15,17). The summed E-state index contributed by atoms with van der Waals surface area (Å²) in [7, 11) is 0. The van der Waals surface area contributed by atoms with Crippen molar-refractivity contribution in [1.82, 2.24) is 5.32 Å². The first-order valence-electron chi connectivity index (χ1n) is 6.11. The largest absolute Gasteiger partial charge is 0.369 e.